The number of halogens is 3. The van der Waals surface area contributed by atoms with E-state index in [1.54, 1.807) is 60.4 Å². The predicted molar refractivity (Wildman–Crippen MR) is 158 cm³/mol. The number of aromatic nitrogens is 3. The van der Waals surface area contributed by atoms with Crippen molar-refractivity contribution in [3.8, 4) is 5.75 Å². The molecular formula is C29H31F3N6O5S. The van der Waals surface area contributed by atoms with Crippen molar-refractivity contribution >= 4 is 61.5 Å². The fourth-order valence-electron chi connectivity index (χ4n) is 4.72. The number of thiazole rings is 1. The molecule has 4 aromatic rings. The second-order valence-electron chi connectivity index (χ2n) is 11.3. The van der Waals surface area contributed by atoms with Crippen LogP contribution in [0.2, 0.25) is 0 Å². The summed E-state index contributed by atoms with van der Waals surface area (Å²) in [4.78, 5) is 50.2. The van der Waals surface area contributed by atoms with E-state index in [0.29, 0.717) is 58.6 Å². The first kappa shape index (κ1) is 31.0. The van der Waals surface area contributed by atoms with E-state index in [2.05, 4.69) is 20.0 Å². The molecule has 15 heteroatoms. The van der Waals surface area contributed by atoms with Gasteiger partial charge in [0.25, 0.3) is 0 Å². The molecule has 44 heavy (non-hydrogen) atoms. The lowest BCUT2D eigenvalue weighted by atomic mass is 10.1. The van der Waals surface area contributed by atoms with Crippen LogP contribution >= 0.6 is 11.3 Å². The molecule has 2 aromatic heterocycles. The number of fused-ring (bicyclic) bond motifs is 2. The highest BCUT2D eigenvalue weighted by Crippen LogP contribution is 2.33. The highest BCUT2D eigenvalue weighted by Gasteiger charge is 2.31. The largest absolute Gasteiger partial charge is 0.573 e. The number of benzene rings is 2. The summed E-state index contributed by atoms with van der Waals surface area (Å²) in [6.07, 6.45) is -5.12. The van der Waals surface area contributed by atoms with Gasteiger partial charge >= 0.3 is 12.5 Å². The summed E-state index contributed by atoms with van der Waals surface area (Å²) in [5.41, 5.74) is 1.61. The summed E-state index contributed by atoms with van der Waals surface area (Å²) in [5, 5.41) is 3.51. The zero-order valence-corrected chi connectivity index (χ0v) is 25.3. The minimum atomic E-state index is -4.79. The number of amides is 2. The third-order valence-electron chi connectivity index (χ3n) is 6.87. The number of anilines is 2. The Bertz CT molecular complexity index is 1720. The Balaban J connectivity index is 1.18. The monoisotopic (exact) mass is 632 g/mol. The summed E-state index contributed by atoms with van der Waals surface area (Å²) in [7, 11) is 1.78. The van der Waals surface area contributed by atoms with Gasteiger partial charge in [-0.05, 0) is 51.1 Å². The number of aryl methyl sites for hydroxylation is 1. The topological polar surface area (TPSA) is 119 Å². The van der Waals surface area contributed by atoms with Crippen LogP contribution in [0.25, 0.3) is 21.3 Å². The number of imidazole rings is 1. The second kappa shape index (κ2) is 11.9. The molecule has 0 saturated carbocycles. The van der Waals surface area contributed by atoms with Gasteiger partial charge in [-0.1, -0.05) is 11.3 Å². The molecule has 2 amide bonds. The first-order valence-electron chi connectivity index (χ1n) is 13.8. The molecule has 1 saturated heterocycles. The number of nitrogens with one attached hydrogen (secondary N) is 1. The molecule has 0 spiro atoms. The standard InChI is InChI=1S/C29H31F3N6O5S/c1-28(2,3)43-27(41)38-13-11-37(12-14-38)24(40)10-9-22(39)17-5-8-21-20(15-17)33-25(36(21)4)35-26-34-19-7-6-18(16-23(19)44-26)42-29(30,31)32/h5-8,15-16H,9-14H2,1-4H3,(H,33,34,35). The fourth-order valence-corrected chi connectivity index (χ4v) is 5.61. The van der Waals surface area contributed by atoms with Gasteiger partial charge in [0.2, 0.25) is 11.9 Å². The van der Waals surface area contributed by atoms with Crippen LogP contribution in [0, 0.1) is 0 Å². The van der Waals surface area contributed by atoms with Crippen molar-refractivity contribution in [1.29, 1.82) is 0 Å². The Kier molecular flexibility index (Phi) is 8.42. The van der Waals surface area contributed by atoms with Crippen LogP contribution in [-0.2, 0) is 16.6 Å². The number of rotatable bonds is 7. The van der Waals surface area contributed by atoms with E-state index in [0.717, 1.165) is 16.9 Å². The molecule has 0 radical (unpaired) electrons. The molecule has 0 unspecified atom stereocenters. The average molecular weight is 633 g/mol. The molecule has 1 N–H and O–H groups in total. The number of hydrogen-bond acceptors (Lipinski definition) is 9. The van der Waals surface area contributed by atoms with E-state index < -0.39 is 18.1 Å². The number of ether oxygens (including phenoxy) is 2. The van der Waals surface area contributed by atoms with E-state index in [4.69, 9.17) is 4.74 Å². The first-order valence-corrected chi connectivity index (χ1v) is 14.7. The van der Waals surface area contributed by atoms with Gasteiger partial charge in [-0.2, -0.15) is 0 Å². The Morgan fingerprint density at radius 3 is 2.32 bits per heavy atom. The van der Waals surface area contributed by atoms with Crippen LogP contribution in [0.3, 0.4) is 0 Å². The number of carbonyl (C=O) groups excluding carboxylic acids is 3. The Labute approximate surface area is 254 Å². The van der Waals surface area contributed by atoms with Gasteiger partial charge in [-0.15, -0.1) is 13.2 Å². The predicted octanol–water partition coefficient (Wildman–Crippen LogP) is 5.87. The van der Waals surface area contributed by atoms with Crippen molar-refractivity contribution in [3.63, 3.8) is 0 Å². The lowest BCUT2D eigenvalue weighted by Crippen LogP contribution is -2.51. The third-order valence-corrected chi connectivity index (χ3v) is 7.80. The number of alkyl halides is 3. The Hall–Kier alpha value is -4.40. The van der Waals surface area contributed by atoms with E-state index in [-0.39, 0.29) is 30.3 Å². The number of nitrogens with zero attached hydrogens (tertiary/aromatic N) is 5. The summed E-state index contributed by atoms with van der Waals surface area (Å²) in [6.45, 7) is 6.88. The zero-order valence-electron chi connectivity index (χ0n) is 24.5. The summed E-state index contributed by atoms with van der Waals surface area (Å²) < 4.78 is 49.4. The van der Waals surface area contributed by atoms with E-state index in [1.165, 1.54) is 18.2 Å². The quantitative estimate of drug-likeness (QED) is 0.252. The SMILES string of the molecule is Cn1c(Nc2nc3ccc(OC(F)(F)F)cc3s2)nc2cc(C(=O)CCC(=O)N3CCN(C(=O)OC(C)(C)C)CC3)ccc21. The maximum atomic E-state index is 13.0. The van der Waals surface area contributed by atoms with Gasteiger partial charge in [0.1, 0.15) is 11.4 Å². The normalized spacial score (nSPS) is 14.2. The van der Waals surface area contributed by atoms with Gasteiger partial charge in [-0.3, -0.25) is 9.59 Å². The number of Topliss-reactive ketones (excluding diaryl/α,β-unsaturated/α-hetero) is 1. The van der Waals surface area contributed by atoms with Crippen molar-refractivity contribution < 1.29 is 37.0 Å². The van der Waals surface area contributed by atoms with Crippen molar-refractivity contribution in [2.75, 3.05) is 31.5 Å². The Morgan fingerprint density at radius 1 is 0.932 bits per heavy atom. The molecular weight excluding hydrogens is 601 g/mol. The zero-order chi connectivity index (χ0) is 31.8. The molecule has 2 aromatic carbocycles. The van der Waals surface area contributed by atoms with E-state index in [9.17, 15) is 27.6 Å². The van der Waals surface area contributed by atoms with Gasteiger partial charge in [-0.25, -0.2) is 14.8 Å². The fraction of sp³-hybridized carbons (Fsp3) is 0.414. The number of ketones is 1. The van der Waals surface area contributed by atoms with Crippen molar-refractivity contribution in [1.82, 2.24) is 24.3 Å². The maximum absolute atomic E-state index is 13.0. The molecule has 0 aliphatic carbocycles. The second-order valence-corrected chi connectivity index (χ2v) is 12.3. The van der Waals surface area contributed by atoms with Crippen LogP contribution in [0.1, 0.15) is 44.0 Å². The van der Waals surface area contributed by atoms with Crippen LogP contribution < -0.4 is 10.1 Å². The highest BCUT2D eigenvalue weighted by atomic mass is 32.1. The van der Waals surface area contributed by atoms with Crippen LogP contribution in [0.5, 0.6) is 5.75 Å². The van der Waals surface area contributed by atoms with Gasteiger partial charge in [0.05, 0.1) is 21.3 Å². The molecule has 234 valence electrons. The summed E-state index contributed by atoms with van der Waals surface area (Å²) >= 11 is 1.14. The molecule has 5 rings (SSSR count). The first-order chi connectivity index (χ1) is 20.6. The molecule has 3 heterocycles. The molecule has 0 bridgehead atoms. The minimum absolute atomic E-state index is 0.0281. The lowest BCUT2D eigenvalue weighted by Gasteiger charge is -2.35. The van der Waals surface area contributed by atoms with Crippen LogP contribution in [-0.4, -0.2) is 80.3 Å². The van der Waals surface area contributed by atoms with E-state index in [1.807, 2.05) is 0 Å². The van der Waals surface area contributed by atoms with Gasteiger partial charge in [0, 0.05) is 57.7 Å². The van der Waals surface area contributed by atoms with Crippen LogP contribution in [0.15, 0.2) is 36.4 Å². The Morgan fingerprint density at radius 2 is 1.64 bits per heavy atom. The van der Waals surface area contributed by atoms with Crippen molar-refractivity contribution in [2.24, 2.45) is 7.05 Å². The summed E-state index contributed by atoms with van der Waals surface area (Å²) in [6, 6.07) is 9.02. The smallest absolute Gasteiger partial charge is 0.444 e. The van der Waals surface area contributed by atoms with Gasteiger partial charge < -0.3 is 29.2 Å². The molecule has 11 nitrogen and oxygen atoms in total. The molecule has 0 atom stereocenters. The van der Waals surface area contributed by atoms with Gasteiger partial charge in [0.15, 0.2) is 10.9 Å². The number of carbonyl (C=O) groups is 3. The number of hydrogen-bond donors (Lipinski definition) is 1. The third kappa shape index (κ3) is 7.38. The van der Waals surface area contributed by atoms with Crippen LogP contribution in [0.4, 0.5) is 29.0 Å². The molecule has 1 fully saturated rings. The van der Waals surface area contributed by atoms with Crippen molar-refractivity contribution in [2.45, 2.75) is 45.6 Å². The average Bonchev–Trinajstić information content (AvgIpc) is 3.48. The molecule has 1 aliphatic heterocycles. The lowest BCUT2D eigenvalue weighted by molar-refractivity contribution is -0.274. The number of piperazine rings is 1. The van der Waals surface area contributed by atoms with Crippen molar-refractivity contribution in [3.05, 3.63) is 42.0 Å². The van der Waals surface area contributed by atoms with E-state index >= 15 is 0 Å². The highest BCUT2D eigenvalue weighted by molar-refractivity contribution is 7.22. The minimum Gasteiger partial charge on any atom is -0.444 e. The summed E-state index contributed by atoms with van der Waals surface area (Å²) in [5.74, 6) is -0.255. The maximum Gasteiger partial charge on any atom is 0.573 e. The molecule has 1 aliphatic rings.